The summed E-state index contributed by atoms with van der Waals surface area (Å²) in [5, 5.41) is 22.1. The van der Waals surface area contributed by atoms with Crippen LogP contribution in [0.3, 0.4) is 0 Å². The number of ether oxygens (including phenoxy) is 3. The molecule has 0 radical (unpaired) electrons. The van der Waals surface area contributed by atoms with Crippen LogP contribution in [0.4, 0.5) is 0 Å². The summed E-state index contributed by atoms with van der Waals surface area (Å²) < 4.78 is 26.6. The van der Waals surface area contributed by atoms with Gasteiger partial charge in [0.2, 0.25) is 6.29 Å². The van der Waals surface area contributed by atoms with Crippen molar-refractivity contribution in [2.75, 3.05) is 14.2 Å². The Bertz CT molecular complexity index is 1460. The van der Waals surface area contributed by atoms with Crippen molar-refractivity contribution in [2.24, 2.45) is 0 Å². The van der Waals surface area contributed by atoms with E-state index in [-0.39, 0.29) is 33.4 Å². The van der Waals surface area contributed by atoms with Crippen LogP contribution in [0.25, 0.3) is 21.9 Å². The summed E-state index contributed by atoms with van der Waals surface area (Å²) in [4.78, 5) is 25.5. The maximum Gasteiger partial charge on any atom is 0.344 e. The molecule has 9 nitrogen and oxygen atoms in total. The Morgan fingerprint density at radius 3 is 2.00 bits per heavy atom. The molecule has 2 unspecified atom stereocenters. The quantitative estimate of drug-likeness (QED) is 0.477. The Morgan fingerprint density at radius 2 is 1.39 bits per heavy atom. The molecule has 9 heteroatoms. The average Bonchev–Trinajstić information content (AvgIpc) is 3.11. The largest absolute Gasteiger partial charge is 0.507 e. The van der Waals surface area contributed by atoms with Crippen molar-refractivity contribution in [3.8, 4) is 23.0 Å². The monoisotopic (exact) mass is 424 g/mol. The van der Waals surface area contributed by atoms with Crippen molar-refractivity contribution < 1.29 is 33.3 Å². The van der Waals surface area contributed by atoms with E-state index in [2.05, 4.69) is 0 Å². The Balaban J connectivity index is 1.80. The number of fused-ring (bicyclic) bond motifs is 4. The van der Waals surface area contributed by atoms with E-state index in [1.807, 2.05) is 0 Å². The molecule has 2 aromatic heterocycles. The normalized spacial score (nSPS) is 17.5. The van der Waals surface area contributed by atoms with Crippen molar-refractivity contribution in [3.63, 3.8) is 0 Å². The average molecular weight is 424 g/mol. The molecule has 0 aliphatic carbocycles. The number of aliphatic hydroxyl groups is 1. The summed E-state index contributed by atoms with van der Waals surface area (Å²) in [6, 6.07) is 9.25. The van der Waals surface area contributed by atoms with Crippen LogP contribution >= 0.6 is 0 Å². The number of methoxy groups -OCH3 is 2. The van der Waals surface area contributed by atoms with Crippen molar-refractivity contribution in [1.82, 2.24) is 0 Å². The van der Waals surface area contributed by atoms with Gasteiger partial charge in [-0.05, 0) is 36.4 Å². The van der Waals surface area contributed by atoms with E-state index >= 15 is 0 Å². The summed E-state index contributed by atoms with van der Waals surface area (Å²) in [5.74, 6) is -0.828. The van der Waals surface area contributed by atoms with E-state index in [0.29, 0.717) is 16.9 Å². The van der Waals surface area contributed by atoms with Crippen LogP contribution in [0, 0.1) is 0 Å². The first-order valence-corrected chi connectivity index (χ1v) is 9.26. The molecule has 0 amide bonds. The van der Waals surface area contributed by atoms with Gasteiger partial charge in [0.15, 0.2) is 0 Å². The Hall–Kier alpha value is -3.98. The molecule has 0 bridgehead atoms. The van der Waals surface area contributed by atoms with Crippen LogP contribution in [0.1, 0.15) is 17.0 Å². The second-order valence-corrected chi connectivity index (χ2v) is 6.99. The number of aromatic hydroxyl groups is 1. The van der Waals surface area contributed by atoms with Gasteiger partial charge < -0.3 is 33.3 Å². The van der Waals surface area contributed by atoms with Crippen LogP contribution in [0.15, 0.2) is 54.8 Å². The minimum absolute atomic E-state index is 0.0483. The van der Waals surface area contributed by atoms with E-state index < -0.39 is 29.2 Å². The molecule has 31 heavy (non-hydrogen) atoms. The zero-order valence-corrected chi connectivity index (χ0v) is 16.4. The zero-order valence-electron chi connectivity index (χ0n) is 16.4. The number of rotatable bonds is 3. The highest BCUT2D eigenvalue weighted by molar-refractivity contribution is 5.88. The molecule has 0 saturated carbocycles. The fourth-order valence-corrected chi connectivity index (χ4v) is 3.89. The molecule has 1 aliphatic heterocycles. The third-order valence-corrected chi connectivity index (χ3v) is 5.36. The van der Waals surface area contributed by atoms with Crippen LogP contribution < -0.4 is 25.5 Å². The lowest BCUT2D eigenvalue weighted by Crippen LogP contribution is -2.26. The second kappa shape index (κ2) is 6.78. The third-order valence-electron chi connectivity index (χ3n) is 5.36. The second-order valence-electron chi connectivity index (χ2n) is 6.99. The van der Waals surface area contributed by atoms with E-state index in [4.69, 9.17) is 23.0 Å². The van der Waals surface area contributed by atoms with E-state index in [1.54, 1.807) is 18.2 Å². The number of hydrogen-bond acceptors (Lipinski definition) is 9. The Kier molecular flexibility index (Phi) is 4.16. The van der Waals surface area contributed by atoms with E-state index in [0.717, 1.165) is 0 Å². The highest BCUT2D eigenvalue weighted by Gasteiger charge is 2.43. The molecule has 2 aromatic carbocycles. The van der Waals surface area contributed by atoms with Crippen molar-refractivity contribution >= 4 is 21.9 Å². The summed E-state index contributed by atoms with van der Waals surface area (Å²) in [6.07, 6.45) is -1.63. The fraction of sp³-hybridized carbons (Fsp3) is 0.182. The molecule has 2 N–H and O–H groups in total. The lowest BCUT2D eigenvalue weighted by Gasteiger charge is -2.14. The number of benzene rings is 2. The topological polar surface area (TPSA) is 129 Å². The zero-order chi connectivity index (χ0) is 21.9. The molecule has 4 aromatic rings. The van der Waals surface area contributed by atoms with Gasteiger partial charge in [-0.1, -0.05) is 0 Å². The van der Waals surface area contributed by atoms with Crippen molar-refractivity contribution in [1.29, 1.82) is 0 Å². The van der Waals surface area contributed by atoms with Gasteiger partial charge in [-0.15, -0.1) is 0 Å². The minimum atomic E-state index is -1.63. The molecule has 1 aliphatic rings. The van der Waals surface area contributed by atoms with Crippen LogP contribution in [0.5, 0.6) is 23.0 Å². The Morgan fingerprint density at radius 1 is 0.839 bits per heavy atom. The summed E-state index contributed by atoms with van der Waals surface area (Å²) in [6.45, 7) is 0. The summed E-state index contributed by atoms with van der Waals surface area (Å²) in [5.41, 5.74) is -1.80. The molecule has 3 heterocycles. The van der Waals surface area contributed by atoms with Gasteiger partial charge in [0.05, 0.1) is 42.0 Å². The van der Waals surface area contributed by atoms with Gasteiger partial charge in [-0.2, -0.15) is 0 Å². The van der Waals surface area contributed by atoms with Gasteiger partial charge >= 0.3 is 11.3 Å². The van der Waals surface area contributed by atoms with Gasteiger partial charge in [0.25, 0.3) is 0 Å². The summed E-state index contributed by atoms with van der Waals surface area (Å²) in [7, 11) is 2.93. The first kappa shape index (κ1) is 19.0. The van der Waals surface area contributed by atoms with E-state index in [1.165, 1.54) is 32.4 Å². The highest BCUT2D eigenvalue weighted by Crippen LogP contribution is 2.46. The standard InChI is InChI=1S/C22H16O9/c1-27-9-3-5-13-11(7-9)18(23)16(21(25)29-13)15-17-19(31-20(15)24)12-8-10(28-2)4-6-14(12)30-22(17)26/h3-8,15,20,23-24H,1-2H3. The van der Waals surface area contributed by atoms with Crippen LogP contribution in [-0.4, -0.2) is 30.7 Å². The molecular weight excluding hydrogens is 408 g/mol. The fourth-order valence-electron chi connectivity index (χ4n) is 3.89. The predicted octanol–water partition coefficient (Wildman–Crippen LogP) is 2.46. The molecule has 5 rings (SSSR count). The number of aliphatic hydroxyl groups excluding tert-OH is 1. The molecule has 158 valence electrons. The van der Waals surface area contributed by atoms with Gasteiger partial charge in [-0.3, -0.25) is 0 Å². The van der Waals surface area contributed by atoms with Crippen molar-refractivity contribution in [2.45, 2.75) is 12.2 Å². The molecular formula is C22H16O9. The predicted molar refractivity (Wildman–Crippen MR) is 108 cm³/mol. The first-order chi connectivity index (χ1) is 14.9. The maximum absolute atomic E-state index is 12.8. The Labute approximate surface area is 173 Å². The molecule has 2 atom stereocenters. The lowest BCUT2D eigenvalue weighted by atomic mass is 9.92. The van der Waals surface area contributed by atoms with Crippen molar-refractivity contribution in [3.05, 3.63) is 68.4 Å². The maximum atomic E-state index is 12.8. The van der Waals surface area contributed by atoms with Gasteiger partial charge in [0, 0.05) is 0 Å². The third kappa shape index (κ3) is 2.74. The molecule has 0 spiro atoms. The SMILES string of the molecule is COc1ccc2oc(=O)c(C3c4c(c5cc(OC)ccc5oc4=O)OC3O)c(O)c2c1. The molecule has 0 saturated heterocycles. The van der Waals surface area contributed by atoms with Crippen LogP contribution in [-0.2, 0) is 0 Å². The van der Waals surface area contributed by atoms with Gasteiger partial charge in [0.1, 0.15) is 34.2 Å². The first-order valence-electron chi connectivity index (χ1n) is 9.26. The van der Waals surface area contributed by atoms with Gasteiger partial charge in [-0.25, -0.2) is 9.59 Å². The van der Waals surface area contributed by atoms with E-state index in [9.17, 15) is 19.8 Å². The summed E-state index contributed by atoms with van der Waals surface area (Å²) >= 11 is 0. The smallest absolute Gasteiger partial charge is 0.344 e. The highest BCUT2D eigenvalue weighted by atomic mass is 16.6. The minimum Gasteiger partial charge on any atom is -0.507 e. The van der Waals surface area contributed by atoms with Crippen LogP contribution in [0.2, 0.25) is 0 Å². The number of hydrogen-bond donors (Lipinski definition) is 2. The lowest BCUT2D eigenvalue weighted by molar-refractivity contribution is -0.00988. The molecule has 0 fully saturated rings.